The van der Waals surface area contributed by atoms with Crippen LogP contribution < -0.4 is 0 Å². The molecule has 1 N–H and O–H groups in total. The van der Waals surface area contributed by atoms with Crippen molar-refractivity contribution in [3.63, 3.8) is 0 Å². The molecule has 4 heteroatoms. The van der Waals surface area contributed by atoms with Crippen molar-refractivity contribution in [2.75, 3.05) is 0 Å². The van der Waals surface area contributed by atoms with Crippen LogP contribution in [0.3, 0.4) is 0 Å². The second-order valence-corrected chi connectivity index (χ2v) is 6.41. The molecule has 0 aromatic heterocycles. The lowest BCUT2D eigenvalue weighted by molar-refractivity contribution is 0.442. The lowest BCUT2D eigenvalue weighted by Crippen LogP contribution is -2.13. The highest BCUT2D eigenvalue weighted by Gasteiger charge is 2.22. The molecule has 0 radical (unpaired) electrons. The number of hydrogen-bond acceptors (Lipinski definition) is 3. The van der Waals surface area contributed by atoms with Gasteiger partial charge in [0.05, 0.1) is 3.57 Å². The highest BCUT2D eigenvalue weighted by Crippen LogP contribution is 2.37. The number of allylic oxidation sites excluding steroid dienone is 1. The Labute approximate surface area is 127 Å². The molecule has 1 aromatic rings. The van der Waals surface area contributed by atoms with Gasteiger partial charge in [-0.1, -0.05) is 20.8 Å². The van der Waals surface area contributed by atoms with Crippen molar-refractivity contribution in [1.82, 2.24) is 0 Å². The summed E-state index contributed by atoms with van der Waals surface area (Å²) in [5.41, 5.74) is 2.33. The zero-order valence-corrected chi connectivity index (χ0v) is 13.5. The van der Waals surface area contributed by atoms with Crippen molar-refractivity contribution in [2.24, 2.45) is 0 Å². The highest BCUT2D eigenvalue weighted by atomic mass is 127. The topological polar surface area (TPSA) is 67.8 Å². The van der Waals surface area contributed by atoms with Gasteiger partial charge < -0.3 is 5.11 Å². The molecule has 0 atom stereocenters. The van der Waals surface area contributed by atoms with Crippen molar-refractivity contribution in [3.8, 4) is 17.9 Å². The number of phenols is 1. The van der Waals surface area contributed by atoms with Crippen LogP contribution in [0.15, 0.2) is 11.6 Å². The Morgan fingerprint density at radius 2 is 1.84 bits per heavy atom. The van der Waals surface area contributed by atoms with E-state index in [2.05, 4.69) is 22.6 Å². The molecule has 0 saturated heterocycles. The zero-order chi connectivity index (χ0) is 14.8. The summed E-state index contributed by atoms with van der Waals surface area (Å²) in [5, 5.41) is 27.9. The Hall–Kier alpha value is -1.53. The van der Waals surface area contributed by atoms with Gasteiger partial charge in [-0.15, -0.1) is 0 Å². The lowest BCUT2D eigenvalue weighted by Gasteiger charge is -2.23. The number of halogens is 1. The van der Waals surface area contributed by atoms with Crippen LogP contribution in [0.5, 0.6) is 5.75 Å². The van der Waals surface area contributed by atoms with Crippen molar-refractivity contribution in [1.29, 1.82) is 10.5 Å². The van der Waals surface area contributed by atoms with Crippen molar-refractivity contribution in [3.05, 3.63) is 31.9 Å². The van der Waals surface area contributed by atoms with E-state index in [0.29, 0.717) is 0 Å². The molecule has 1 rings (SSSR count). The first-order valence-corrected chi connectivity index (χ1v) is 6.84. The van der Waals surface area contributed by atoms with Crippen LogP contribution in [0.2, 0.25) is 0 Å². The molecule has 0 unspecified atom stereocenters. The van der Waals surface area contributed by atoms with Gasteiger partial charge in [-0.2, -0.15) is 10.5 Å². The van der Waals surface area contributed by atoms with Gasteiger partial charge in [0.1, 0.15) is 23.5 Å². The first kappa shape index (κ1) is 15.5. The molecule has 0 bridgehead atoms. The van der Waals surface area contributed by atoms with E-state index in [0.717, 1.165) is 20.3 Å². The molecule has 1 aromatic carbocycles. The minimum absolute atomic E-state index is 0.0597. The van der Waals surface area contributed by atoms with Gasteiger partial charge in [-0.05, 0) is 58.2 Å². The monoisotopic (exact) mass is 366 g/mol. The molecule has 3 nitrogen and oxygen atoms in total. The van der Waals surface area contributed by atoms with Gasteiger partial charge in [0.25, 0.3) is 0 Å². The molecule has 0 amide bonds. The van der Waals surface area contributed by atoms with E-state index < -0.39 is 0 Å². The summed E-state index contributed by atoms with van der Waals surface area (Å²) in [6, 6.07) is 5.56. The molecule has 0 heterocycles. The maximum Gasteiger partial charge on any atom is 0.132 e. The summed E-state index contributed by atoms with van der Waals surface area (Å²) in [4.78, 5) is 0. The average Bonchev–Trinajstić information content (AvgIpc) is 2.34. The normalized spacial score (nSPS) is 10.5. The minimum Gasteiger partial charge on any atom is -0.507 e. The average molecular weight is 366 g/mol. The molecule has 0 aliphatic carbocycles. The van der Waals surface area contributed by atoms with E-state index in [-0.39, 0.29) is 16.7 Å². The zero-order valence-electron chi connectivity index (χ0n) is 11.4. The van der Waals surface area contributed by atoms with Gasteiger partial charge in [-0.3, -0.25) is 0 Å². The van der Waals surface area contributed by atoms with Gasteiger partial charge in [0, 0.05) is 5.56 Å². The maximum atomic E-state index is 10.2. The summed E-state index contributed by atoms with van der Waals surface area (Å²) in [7, 11) is 0. The van der Waals surface area contributed by atoms with Gasteiger partial charge in [0.2, 0.25) is 0 Å². The van der Waals surface area contributed by atoms with Crippen LogP contribution in [0.1, 0.15) is 37.5 Å². The van der Waals surface area contributed by atoms with Crippen LogP contribution in [-0.2, 0) is 5.41 Å². The fraction of sp³-hybridized carbons (Fsp3) is 0.333. The van der Waals surface area contributed by atoms with E-state index >= 15 is 0 Å². The van der Waals surface area contributed by atoms with E-state index in [1.165, 1.54) is 0 Å². The first-order chi connectivity index (χ1) is 8.72. The van der Waals surface area contributed by atoms with Crippen LogP contribution in [0, 0.1) is 33.2 Å². The Kier molecular flexibility index (Phi) is 4.60. The number of hydrogen-bond donors (Lipinski definition) is 1. The Morgan fingerprint density at radius 1 is 1.32 bits per heavy atom. The number of phenolic OH excluding ortho intramolecular Hbond substituents is 1. The first-order valence-electron chi connectivity index (χ1n) is 5.76. The third kappa shape index (κ3) is 3.27. The predicted molar refractivity (Wildman–Crippen MR) is 83.5 cm³/mol. The summed E-state index contributed by atoms with van der Waals surface area (Å²) >= 11 is 2.09. The molecular formula is C15H15IN2O. The molecule has 0 aliphatic heterocycles. The van der Waals surface area contributed by atoms with E-state index in [1.807, 2.05) is 45.9 Å². The number of benzene rings is 1. The smallest absolute Gasteiger partial charge is 0.132 e. The van der Waals surface area contributed by atoms with Gasteiger partial charge >= 0.3 is 0 Å². The number of aromatic hydroxyl groups is 1. The minimum atomic E-state index is -0.209. The van der Waals surface area contributed by atoms with Crippen LogP contribution >= 0.6 is 22.6 Å². The molecular weight excluding hydrogens is 351 g/mol. The fourth-order valence-corrected chi connectivity index (χ4v) is 2.32. The SMILES string of the molecule is Cc1c(C=C(C#N)C#N)cc(C(C)(C)C)c(O)c1I. The fourth-order valence-electron chi connectivity index (χ4n) is 1.72. The standard InChI is InChI=1S/C15H15IN2O/c1-9-11(5-10(7-17)8-18)6-12(15(2,3)4)14(19)13(9)16/h5-6,19H,1-4H3. The van der Waals surface area contributed by atoms with Crippen molar-refractivity contribution < 1.29 is 5.11 Å². The quantitative estimate of drug-likeness (QED) is 0.603. The molecule has 98 valence electrons. The molecule has 19 heavy (non-hydrogen) atoms. The third-order valence-corrected chi connectivity index (χ3v) is 4.19. The lowest BCUT2D eigenvalue weighted by atomic mass is 9.84. The summed E-state index contributed by atoms with van der Waals surface area (Å²) in [6.45, 7) is 7.90. The molecule has 0 spiro atoms. The molecule has 0 saturated carbocycles. The van der Waals surface area contributed by atoms with E-state index in [9.17, 15) is 5.11 Å². The summed E-state index contributed by atoms with van der Waals surface area (Å²) in [5.74, 6) is 0.276. The Balaban J connectivity index is 3.62. The predicted octanol–water partition coefficient (Wildman–Crippen LogP) is 4.03. The Morgan fingerprint density at radius 3 is 2.26 bits per heavy atom. The Bertz CT molecular complexity index is 610. The van der Waals surface area contributed by atoms with E-state index in [1.54, 1.807) is 6.08 Å². The van der Waals surface area contributed by atoms with Crippen molar-refractivity contribution in [2.45, 2.75) is 33.1 Å². The maximum absolute atomic E-state index is 10.2. The third-order valence-electron chi connectivity index (χ3n) is 2.87. The number of rotatable bonds is 1. The van der Waals surface area contributed by atoms with Gasteiger partial charge in [-0.25, -0.2) is 0 Å². The second kappa shape index (κ2) is 5.63. The largest absolute Gasteiger partial charge is 0.507 e. The summed E-state index contributed by atoms with van der Waals surface area (Å²) < 4.78 is 0.756. The van der Waals surface area contributed by atoms with Crippen LogP contribution in [-0.4, -0.2) is 5.11 Å². The number of nitrogens with zero attached hydrogens (tertiary/aromatic N) is 2. The second-order valence-electron chi connectivity index (χ2n) is 5.33. The molecule has 0 fully saturated rings. The highest BCUT2D eigenvalue weighted by molar-refractivity contribution is 14.1. The summed E-state index contributed by atoms with van der Waals surface area (Å²) in [6.07, 6.45) is 1.56. The number of nitriles is 2. The molecule has 0 aliphatic rings. The van der Waals surface area contributed by atoms with Crippen LogP contribution in [0.25, 0.3) is 6.08 Å². The van der Waals surface area contributed by atoms with Gasteiger partial charge in [0.15, 0.2) is 0 Å². The van der Waals surface area contributed by atoms with Crippen molar-refractivity contribution >= 4 is 28.7 Å². The van der Waals surface area contributed by atoms with E-state index in [4.69, 9.17) is 10.5 Å². The van der Waals surface area contributed by atoms with Crippen LogP contribution in [0.4, 0.5) is 0 Å².